The summed E-state index contributed by atoms with van der Waals surface area (Å²) in [7, 11) is 3.82. The minimum absolute atomic E-state index is 0.0931. The number of benzene rings is 1. The van der Waals surface area contributed by atoms with E-state index in [0.717, 1.165) is 10.3 Å². The van der Waals surface area contributed by atoms with Gasteiger partial charge in [-0.25, -0.2) is 4.68 Å². The zero-order valence-electron chi connectivity index (χ0n) is 9.18. The van der Waals surface area contributed by atoms with Gasteiger partial charge in [-0.3, -0.25) is 0 Å². The molecule has 1 unspecified atom stereocenters. The van der Waals surface area contributed by atoms with Gasteiger partial charge >= 0.3 is 0 Å². The van der Waals surface area contributed by atoms with E-state index < -0.39 is 0 Å². The van der Waals surface area contributed by atoms with Crippen LogP contribution in [0.5, 0.6) is 0 Å². The van der Waals surface area contributed by atoms with Crippen molar-refractivity contribution in [2.75, 3.05) is 7.05 Å². The summed E-state index contributed by atoms with van der Waals surface area (Å²) in [5.41, 5.74) is 2.21. The smallest absolute Gasteiger partial charge is 0.153 e. The zero-order valence-corrected chi connectivity index (χ0v) is 10.8. The van der Waals surface area contributed by atoms with Gasteiger partial charge in [0.15, 0.2) is 4.60 Å². The third kappa shape index (κ3) is 2.01. The third-order valence-corrected chi connectivity index (χ3v) is 3.09. The van der Waals surface area contributed by atoms with Crippen LogP contribution in [0.2, 0.25) is 0 Å². The first-order valence-corrected chi connectivity index (χ1v) is 5.80. The maximum absolute atomic E-state index is 4.00. The van der Waals surface area contributed by atoms with E-state index >= 15 is 0 Å². The highest BCUT2D eigenvalue weighted by Crippen LogP contribution is 2.25. The van der Waals surface area contributed by atoms with Gasteiger partial charge in [0.1, 0.15) is 0 Å². The average Bonchev–Trinajstić information content (AvgIpc) is 2.63. The van der Waals surface area contributed by atoms with E-state index in [4.69, 9.17) is 0 Å². The molecule has 1 aromatic carbocycles. The fourth-order valence-electron chi connectivity index (χ4n) is 1.75. The molecule has 1 N–H and O–H groups in total. The summed E-state index contributed by atoms with van der Waals surface area (Å²) < 4.78 is 2.55. The summed E-state index contributed by atoms with van der Waals surface area (Å²) in [5, 5.41) is 11.3. The lowest BCUT2D eigenvalue weighted by molar-refractivity contribution is 0.597. The summed E-state index contributed by atoms with van der Waals surface area (Å²) >= 11 is 3.42. The highest BCUT2D eigenvalue weighted by atomic mass is 79.9. The molecule has 0 spiro atoms. The van der Waals surface area contributed by atoms with Crippen molar-refractivity contribution in [3.05, 3.63) is 46.2 Å². The van der Waals surface area contributed by atoms with Gasteiger partial charge in [-0.1, -0.05) is 35.5 Å². The summed E-state index contributed by atoms with van der Waals surface area (Å²) in [6.45, 7) is 0. The van der Waals surface area contributed by atoms with E-state index in [2.05, 4.69) is 43.7 Å². The Hall–Kier alpha value is -1.20. The molecule has 16 heavy (non-hydrogen) atoms. The van der Waals surface area contributed by atoms with Gasteiger partial charge in [-0.2, -0.15) is 0 Å². The number of hydrogen-bond acceptors (Lipinski definition) is 3. The molecule has 0 aliphatic heterocycles. The van der Waals surface area contributed by atoms with Gasteiger partial charge in [-0.05, 0) is 28.5 Å². The van der Waals surface area contributed by atoms with Crippen LogP contribution in [-0.2, 0) is 7.05 Å². The fraction of sp³-hybridized carbons (Fsp3) is 0.273. The number of hydrogen-bond donors (Lipinski definition) is 1. The summed E-state index contributed by atoms with van der Waals surface area (Å²) in [6, 6.07) is 10.3. The highest BCUT2D eigenvalue weighted by molar-refractivity contribution is 9.10. The Balaban J connectivity index is 2.45. The monoisotopic (exact) mass is 280 g/mol. The molecule has 0 aliphatic carbocycles. The normalized spacial score (nSPS) is 12.7. The molecule has 1 atom stereocenters. The Kier molecular flexibility index (Phi) is 3.36. The molecule has 0 bridgehead atoms. The first-order chi connectivity index (χ1) is 7.74. The van der Waals surface area contributed by atoms with E-state index in [1.807, 2.05) is 32.3 Å². The first kappa shape index (κ1) is 11.3. The van der Waals surface area contributed by atoms with Gasteiger partial charge in [0.2, 0.25) is 0 Å². The van der Waals surface area contributed by atoms with Crippen molar-refractivity contribution in [2.45, 2.75) is 6.04 Å². The number of aryl methyl sites for hydroxylation is 1. The van der Waals surface area contributed by atoms with Crippen LogP contribution in [0, 0.1) is 0 Å². The van der Waals surface area contributed by atoms with Crippen LogP contribution in [0.15, 0.2) is 34.9 Å². The van der Waals surface area contributed by atoms with Crippen LogP contribution >= 0.6 is 15.9 Å². The minimum atomic E-state index is 0.0931. The SMILES string of the molecule is CNC(c1ccccc1)c1c(Br)nnn1C. The first-order valence-electron chi connectivity index (χ1n) is 5.01. The molecule has 84 valence electrons. The molecule has 0 saturated carbocycles. The van der Waals surface area contributed by atoms with Crippen molar-refractivity contribution >= 4 is 15.9 Å². The van der Waals surface area contributed by atoms with Gasteiger partial charge < -0.3 is 5.32 Å². The van der Waals surface area contributed by atoms with Crippen molar-refractivity contribution in [3.8, 4) is 0 Å². The predicted octanol–water partition coefficient (Wildman–Crippen LogP) is 1.89. The van der Waals surface area contributed by atoms with Crippen LogP contribution in [-0.4, -0.2) is 22.0 Å². The molecule has 2 aromatic rings. The molecule has 0 amide bonds. The Labute approximate surface area is 103 Å². The molecule has 1 heterocycles. The Bertz CT molecular complexity index is 447. The molecule has 0 aliphatic rings. The number of rotatable bonds is 3. The molecule has 5 heteroatoms. The van der Waals surface area contributed by atoms with Crippen LogP contribution < -0.4 is 5.32 Å². The predicted molar refractivity (Wildman–Crippen MR) is 66.0 cm³/mol. The van der Waals surface area contributed by atoms with Gasteiger partial charge in [-0.15, -0.1) is 5.10 Å². The summed E-state index contributed by atoms with van der Waals surface area (Å²) in [4.78, 5) is 0. The van der Waals surface area contributed by atoms with Gasteiger partial charge in [0, 0.05) is 7.05 Å². The number of nitrogens with one attached hydrogen (secondary N) is 1. The second-order valence-electron chi connectivity index (χ2n) is 3.52. The number of aromatic nitrogens is 3. The third-order valence-electron chi connectivity index (χ3n) is 2.52. The standard InChI is InChI=1S/C11H13BrN4/c1-13-9(8-6-4-3-5-7-8)10-11(12)14-15-16(10)2/h3-7,9,13H,1-2H3. The van der Waals surface area contributed by atoms with Gasteiger partial charge in [0.05, 0.1) is 11.7 Å². The molecule has 2 rings (SSSR count). The maximum Gasteiger partial charge on any atom is 0.153 e. The summed E-state index contributed by atoms with van der Waals surface area (Å²) in [5.74, 6) is 0. The Morgan fingerprint density at radius 3 is 2.50 bits per heavy atom. The van der Waals surface area contributed by atoms with E-state index in [0.29, 0.717) is 0 Å². The molecule has 0 fully saturated rings. The quantitative estimate of drug-likeness (QED) is 0.934. The lowest BCUT2D eigenvalue weighted by Crippen LogP contribution is -2.20. The van der Waals surface area contributed by atoms with Crippen molar-refractivity contribution < 1.29 is 0 Å². The number of nitrogens with zero attached hydrogens (tertiary/aromatic N) is 3. The van der Waals surface area contributed by atoms with Crippen molar-refractivity contribution in [3.63, 3.8) is 0 Å². The van der Waals surface area contributed by atoms with Crippen molar-refractivity contribution in [1.82, 2.24) is 20.3 Å². The van der Waals surface area contributed by atoms with Crippen LogP contribution in [0.3, 0.4) is 0 Å². The second kappa shape index (κ2) is 4.76. The van der Waals surface area contributed by atoms with E-state index in [1.165, 1.54) is 5.56 Å². The fourth-order valence-corrected chi connectivity index (χ4v) is 2.31. The van der Waals surface area contributed by atoms with Crippen LogP contribution in [0.1, 0.15) is 17.3 Å². The Morgan fingerprint density at radius 2 is 2.00 bits per heavy atom. The highest BCUT2D eigenvalue weighted by Gasteiger charge is 2.19. The van der Waals surface area contributed by atoms with Gasteiger partial charge in [0.25, 0.3) is 0 Å². The molecule has 0 saturated heterocycles. The lowest BCUT2D eigenvalue weighted by atomic mass is 10.0. The van der Waals surface area contributed by atoms with E-state index in [9.17, 15) is 0 Å². The summed E-state index contributed by atoms with van der Waals surface area (Å²) in [6.07, 6.45) is 0. The van der Waals surface area contributed by atoms with Crippen molar-refractivity contribution in [2.24, 2.45) is 7.05 Å². The largest absolute Gasteiger partial charge is 0.308 e. The molecule has 1 aromatic heterocycles. The Morgan fingerprint density at radius 1 is 1.31 bits per heavy atom. The van der Waals surface area contributed by atoms with E-state index in [1.54, 1.807) is 4.68 Å². The zero-order chi connectivity index (χ0) is 11.5. The molecule has 4 nitrogen and oxygen atoms in total. The van der Waals surface area contributed by atoms with Crippen molar-refractivity contribution in [1.29, 1.82) is 0 Å². The second-order valence-corrected chi connectivity index (χ2v) is 4.27. The lowest BCUT2D eigenvalue weighted by Gasteiger charge is -2.16. The average molecular weight is 281 g/mol. The molecular formula is C11H13BrN4. The van der Waals surface area contributed by atoms with E-state index in [-0.39, 0.29) is 6.04 Å². The van der Waals surface area contributed by atoms with Crippen LogP contribution in [0.4, 0.5) is 0 Å². The maximum atomic E-state index is 4.00. The number of halogens is 1. The molecule has 0 radical (unpaired) electrons. The minimum Gasteiger partial charge on any atom is -0.308 e. The molecular weight excluding hydrogens is 268 g/mol. The topological polar surface area (TPSA) is 42.7 Å². The van der Waals surface area contributed by atoms with Crippen LogP contribution in [0.25, 0.3) is 0 Å².